The van der Waals surface area contributed by atoms with Crippen LogP contribution in [0.4, 0.5) is 17.5 Å². The number of carbonyl (C=O) groups excluding carboxylic acids is 1. The predicted molar refractivity (Wildman–Crippen MR) is 75.7 cm³/mol. The molecule has 0 spiro atoms. The summed E-state index contributed by atoms with van der Waals surface area (Å²) in [6.07, 6.45) is 0.700. The lowest BCUT2D eigenvalue weighted by Gasteiger charge is -2.18. The molecule has 1 unspecified atom stereocenters. The van der Waals surface area contributed by atoms with Gasteiger partial charge in [0.05, 0.1) is 4.92 Å². The maximum atomic E-state index is 11.2. The van der Waals surface area contributed by atoms with E-state index in [4.69, 9.17) is 5.84 Å². The molecule has 10 heteroatoms. The summed E-state index contributed by atoms with van der Waals surface area (Å²) in [6.45, 7) is 4.00. The number of hydrogen-bond donors (Lipinski definition) is 3. The van der Waals surface area contributed by atoms with Crippen molar-refractivity contribution in [3.63, 3.8) is 0 Å². The van der Waals surface area contributed by atoms with Crippen molar-refractivity contribution in [2.75, 3.05) is 23.4 Å². The number of anilines is 2. The molecule has 10 nitrogen and oxygen atoms in total. The van der Waals surface area contributed by atoms with E-state index in [0.717, 1.165) is 0 Å². The number of nitrogens with zero attached hydrogens (tertiary/aromatic N) is 4. The number of hydrazine groups is 1. The zero-order chi connectivity index (χ0) is 15.6. The highest BCUT2D eigenvalue weighted by molar-refractivity contribution is 5.73. The Bertz CT molecular complexity index is 577. The molecule has 0 saturated carbocycles. The van der Waals surface area contributed by atoms with Crippen LogP contribution in [0.3, 0.4) is 0 Å². The van der Waals surface area contributed by atoms with Gasteiger partial charge in [0, 0.05) is 26.1 Å². The van der Waals surface area contributed by atoms with Gasteiger partial charge in [0.1, 0.15) is 5.69 Å². The molecule has 1 aliphatic rings. The van der Waals surface area contributed by atoms with Gasteiger partial charge < -0.3 is 10.2 Å². The summed E-state index contributed by atoms with van der Waals surface area (Å²) < 4.78 is 0. The van der Waals surface area contributed by atoms with Gasteiger partial charge in [-0.15, -0.1) is 0 Å². The number of carbonyl (C=O) groups is 1. The number of aromatic nitrogens is 2. The fourth-order valence-corrected chi connectivity index (χ4v) is 2.41. The zero-order valence-corrected chi connectivity index (χ0v) is 11.8. The van der Waals surface area contributed by atoms with Crippen molar-refractivity contribution in [2.24, 2.45) is 5.84 Å². The summed E-state index contributed by atoms with van der Waals surface area (Å²) in [6, 6.07) is -0.0494. The maximum Gasteiger partial charge on any atom is 0.332 e. The highest BCUT2D eigenvalue weighted by Gasteiger charge is 2.31. The van der Waals surface area contributed by atoms with E-state index in [0.29, 0.717) is 19.5 Å². The normalized spacial score (nSPS) is 17.7. The standard InChI is InChI=1S/C11H17N7O3/c1-6-9(18(20)21)10(15-11(13-6)16-12)17-4-3-8(5-17)14-7(2)19/h8H,3-5,12H2,1-2H3,(H,14,19)(H,13,15,16). The Kier molecular flexibility index (Phi) is 4.17. The van der Waals surface area contributed by atoms with Gasteiger partial charge in [-0.25, -0.2) is 10.8 Å². The topological polar surface area (TPSA) is 139 Å². The van der Waals surface area contributed by atoms with Gasteiger partial charge in [-0.2, -0.15) is 4.98 Å². The monoisotopic (exact) mass is 295 g/mol. The lowest BCUT2D eigenvalue weighted by atomic mass is 10.2. The number of nitro groups is 1. The van der Waals surface area contributed by atoms with E-state index in [2.05, 4.69) is 20.7 Å². The molecular formula is C11H17N7O3. The first-order valence-corrected chi connectivity index (χ1v) is 6.44. The molecule has 2 rings (SSSR count). The Morgan fingerprint density at radius 1 is 1.52 bits per heavy atom. The summed E-state index contributed by atoms with van der Waals surface area (Å²) in [7, 11) is 0. The molecule has 4 N–H and O–H groups in total. The Balaban J connectivity index is 2.32. The number of hydrogen-bond acceptors (Lipinski definition) is 8. The third kappa shape index (κ3) is 3.16. The van der Waals surface area contributed by atoms with Gasteiger partial charge in [0.2, 0.25) is 17.7 Å². The molecule has 1 aliphatic heterocycles. The van der Waals surface area contributed by atoms with Crippen LogP contribution < -0.4 is 21.5 Å². The minimum absolute atomic E-state index is 0.0494. The first kappa shape index (κ1) is 14.9. The van der Waals surface area contributed by atoms with E-state index in [1.807, 2.05) is 0 Å². The summed E-state index contributed by atoms with van der Waals surface area (Å²) >= 11 is 0. The summed E-state index contributed by atoms with van der Waals surface area (Å²) in [4.78, 5) is 31.6. The maximum absolute atomic E-state index is 11.2. The Morgan fingerprint density at radius 2 is 2.24 bits per heavy atom. The molecule has 114 valence electrons. The Morgan fingerprint density at radius 3 is 2.81 bits per heavy atom. The van der Waals surface area contributed by atoms with Gasteiger partial charge in [-0.1, -0.05) is 0 Å². The number of amides is 1. The van der Waals surface area contributed by atoms with Crippen LogP contribution in [0.2, 0.25) is 0 Å². The van der Waals surface area contributed by atoms with Gasteiger partial charge in [-0.05, 0) is 13.3 Å². The molecule has 21 heavy (non-hydrogen) atoms. The van der Waals surface area contributed by atoms with E-state index in [1.54, 1.807) is 4.90 Å². The number of aryl methyl sites for hydroxylation is 1. The van der Waals surface area contributed by atoms with E-state index in [9.17, 15) is 14.9 Å². The molecule has 1 aromatic heterocycles. The van der Waals surface area contributed by atoms with Crippen LogP contribution >= 0.6 is 0 Å². The molecule has 1 fully saturated rings. The molecule has 1 atom stereocenters. The fraction of sp³-hybridized carbons (Fsp3) is 0.545. The lowest BCUT2D eigenvalue weighted by Crippen LogP contribution is -2.36. The second kappa shape index (κ2) is 5.87. The van der Waals surface area contributed by atoms with Crippen molar-refractivity contribution in [3.05, 3.63) is 15.8 Å². The first-order valence-electron chi connectivity index (χ1n) is 6.44. The van der Waals surface area contributed by atoms with Crippen LogP contribution in [-0.4, -0.2) is 39.9 Å². The van der Waals surface area contributed by atoms with Crippen molar-refractivity contribution >= 4 is 23.4 Å². The molecular weight excluding hydrogens is 278 g/mol. The predicted octanol–water partition coefficient (Wildman–Crippen LogP) is -0.306. The number of nitrogen functional groups attached to an aromatic ring is 1. The number of nitrogens with two attached hydrogens (primary N) is 1. The van der Waals surface area contributed by atoms with Crippen molar-refractivity contribution in [2.45, 2.75) is 26.3 Å². The minimum Gasteiger partial charge on any atom is -0.352 e. The lowest BCUT2D eigenvalue weighted by molar-refractivity contribution is -0.385. The molecule has 0 aromatic carbocycles. The zero-order valence-electron chi connectivity index (χ0n) is 11.8. The molecule has 1 saturated heterocycles. The van der Waals surface area contributed by atoms with Crippen LogP contribution in [0.15, 0.2) is 0 Å². The van der Waals surface area contributed by atoms with Gasteiger partial charge in [-0.3, -0.25) is 20.3 Å². The van der Waals surface area contributed by atoms with E-state index in [1.165, 1.54) is 13.8 Å². The summed E-state index contributed by atoms with van der Waals surface area (Å²) in [5.74, 6) is 5.50. The molecule has 1 amide bonds. The van der Waals surface area contributed by atoms with Crippen LogP contribution in [0, 0.1) is 17.0 Å². The highest BCUT2D eigenvalue weighted by atomic mass is 16.6. The van der Waals surface area contributed by atoms with E-state index < -0.39 is 4.92 Å². The largest absolute Gasteiger partial charge is 0.352 e. The third-order valence-corrected chi connectivity index (χ3v) is 3.25. The second-order valence-electron chi connectivity index (χ2n) is 4.84. The van der Waals surface area contributed by atoms with Gasteiger partial charge >= 0.3 is 5.69 Å². The molecule has 0 aliphatic carbocycles. The molecule has 2 heterocycles. The average molecular weight is 295 g/mol. The quantitative estimate of drug-likeness (QED) is 0.390. The smallest absolute Gasteiger partial charge is 0.332 e. The SMILES string of the molecule is CC(=O)NC1CCN(c2nc(NN)nc(C)c2[N+](=O)[O-])C1. The van der Waals surface area contributed by atoms with Crippen molar-refractivity contribution in [1.82, 2.24) is 15.3 Å². The third-order valence-electron chi connectivity index (χ3n) is 3.25. The van der Waals surface area contributed by atoms with Crippen molar-refractivity contribution in [1.29, 1.82) is 0 Å². The van der Waals surface area contributed by atoms with Crippen LogP contribution in [0.5, 0.6) is 0 Å². The van der Waals surface area contributed by atoms with Crippen LogP contribution in [-0.2, 0) is 4.79 Å². The summed E-state index contributed by atoms with van der Waals surface area (Å²) in [5.41, 5.74) is 2.40. The Hall–Kier alpha value is -2.49. The average Bonchev–Trinajstić information content (AvgIpc) is 2.84. The molecule has 0 bridgehead atoms. The van der Waals surface area contributed by atoms with Gasteiger partial charge in [0.15, 0.2) is 0 Å². The minimum atomic E-state index is -0.503. The first-order chi connectivity index (χ1) is 9.92. The fourth-order valence-electron chi connectivity index (χ4n) is 2.41. The van der Waals surface area contributed by atoms with Crippen molar-refractivity contribution < 1.29 is 9.72 Å². The van der Waals surface area contributed by atoms with Crippen LogP contribution in [0.1, 0.15) is 19.0 Å². The number of rotatable bonds is 4. The second-order valence-corrected chi connectivity index (χ2v) is 4.84. The van der Waals surface area contributed by atoms with Gasteiger partial charge in [0.25, 0.3) is 0 Å². The Labute approximate surface area is 120 Å². The van der Waals surface area contributed by atoms with Crippen LogP contribution in [0.25, 0.3) is 0 Å². The number of nitrogens with one attached hydrogen (secondary N) is 2. The molecule has 0 radical (unpaired) electrons. The highest BCUT2D eigenvalue weighted by Crippen LogP contribution is 2.31. The van der Waals surface area contributed by atoms with Crippen molar-refractivity contribution in [3.8, 4) is 0 Å². The summed E-state index contributed by atoms with van der Waals surface area (Å²) in [5, 5.41) is 14.0. The van der Waals surface area contributed by atoms with E-state index >= 15 is 0 Å². The van der Waals surface area contributed by atoms with E-state index in [-0.39, 0.29) is 35.1 Å². The molecule has 1 aromatic rings.